The normalized spacial score (nSPS) is 14.5. The first kappa shape index (κ1) is 41.7. The van der Waals surface area contributed by atoms with E-state index >= 15 is 0 Å². The summed E-state index contributed by atoms with van der Waals surface area (Å²) in [5.74, 6) is -0.760. The number of likely N-dealkylation sites (N-methyl/N-ethyl adjacent to an activating group) is 1. The summed E-state index contributed by atoms with van der Waals surface area (Å²) in [5.41, 5.74) is 6.84. The van der Waals surface area contributed by atoms with Crippen molar-refractivity contribution < 1.29 is 28.4 Å². The molecular weight excluding hydrogens is 702 g/mol. The first-order valence-corrected chi connectivity index (χ1v) is 18.1. The molecule has 4 aromatic carbocycles. The molecule has 1 saturated heterocycles. The van der Waals surface area contributed by atoms with Crippen LogP contribution < -0.4 is 10.6 Å². The van der Waals surface area contributed by atoms with E-state index in [9.17, 15) is 18.8 Å². The van der Waals surface area contributed by atoms with Crippen molar-refractivity contribution >= 4 is 34.7 Å². The molecular formula is C43H50FN5O6. The zero-order chi connectivity index (χ0) is 40.4. The highest BCUT2D eigenvalue weighted by Gasteiger charge is 2.36. The van der Waals surface area contributed by atoms with Gasteiger partial charge in [0.1, 0.15) is 11.4 Å². The molecule has 290 valence electrons. The highest BCUT2D eigenvalue weighted by molar-refractivity contribution is 6.27. The fourth-order valence-corrected chi connectivity index (χ4v) is 6.48. The second-order valence-corrected chi connectivity index (χ2v) is 14.2. The summed E-state index contributed by atoms with van der Waals surface area (Å²) < 4.78 is 19.5. The summed E-state index contributed by atoms with van der Waals surface area (Å²) in [4.78, 5) is 52.7. The minimum absolute atomic E-state index is 0.148. The lowest BCUT2D eigenvalue weighted by atomic mass is 9.88. The van der Waals surface area contributed by atoms with Crippen molar-refractivity contribution in [3.63, 3.8) is 0 Å². The maximum Gasteiger partial charge on any atom is 0.410 e. The largest absolute Gasteiger partial charge is 0.444 e. The van der Waals surface area contributed by atoms with E-state index in [1.807, 2.05) is 113 Å². The number of aryl methyl sites for hydroxylation is 1. The summed E-state index contributed by atoms with van der Waals surface area (Å²) in [5, 5.41) is 15.0. The number of rotatable bonds is 8. The molecule has 1 aliphatic rings. The number of halogens is 1. The minimum atomic E-state index is -0.634. The SMILES string of the molecule is CCNc1cc(C)c(/C(C(=O)NC)=C(\C)c2ccc(F)cc2)cc1-c1cccc(C(=O)N2CCN(C(=O)OC(C)(C)C)CC2c2ccccc2)c1.C[N+](=O)[O-]. The smallest absolute Gasteiger partial charge is 0.410 e. The third-order valence-corrected chi connectivity index (χ3v) is 9.01. The van der Waals surface area contributed by atoms with E-state index in [1.165, 1.54) is 12.1 Å². The van der Waals surface area contributed by atoms with Crippen LogP contribution in [0.2, 0.25) is 0 Å². The minimum Gasteiger partial charge on any atom is -0.444 e. The average molecular weight is 752 g/mol. The zero-order valence-corrected chi connectivity index (χ0v) is 32.7. The van der Waals surface area contributed by atoms with Crippen molar-refractivity contribution in [2.75, 3.05) is 45.6 Å². The van der Waals surface area contributed by atoms with Crippen LogP contribution in [0.4, 0.5) is 14.9 Å². The number of hydrogen-bond donors (Lipinski definition) is 2. The lowest BCUT2D eigenvalue weighted by molar-refractivity contribution is -0.445. The van der Waals surface area contributed by atoms with Crippen molar-refractivity contribution in [1.82, 2.24) is 15.1 Å². The molecule has 12 heteroatoms. The Morgan fingerprint density at radius 2 is 1.60 bits per heavy atom. The lowest BCUT2D eigenvalue weighted by Gasteiger charge is -2.42. The topological polar surface area (TPSA) is 134 Å². The summed E-state index contributed by atoms with van der Waals surface area (Å²) in [6, 6.07) is 27.0. The molecule has 11 nitrogen and oxygen atoms in total. The molecule has 0 spiro atoms. The molecule has 0 saturated carbocycles. The van der Waals surface area contributed by atoms with Gasteiger partial charge in [0.25, 0.3) is 11.8 Å². The van der Waals surface area contributed by atoms with Gasteiger partial charge in [0.15, 0.2) is 7.05 Å². The highest BCUT2D eigenvalue weighted by atomic mass is 19.1. The molecule has 1 unspecified atom stereocenters. The van der Waals surface area contributed by atoms with Gasteiger partial charge < -0.3 is 25.2 Å². The summed E-state index contributed by atoms with van der Waals surface area (Å²) in [6.07, 6.45) is -0.400. The molecule has 55 heavy (non-hydrogen) atoms. The van der Waals surface area contributed by atoms with Gasteiger partial charge in [-0.3, -0.25) is 19.7 Å². The molecule has 3 amide bonds. The number of hydrogen-bond acceptors (Lipinski definition) is 7. The molecule has 0 aliphatic carbocycles. The van der Waals surface area contributed by atoms with Crippen molar-refractivity contribution in [3.05, 3.63) is 135 Å². The van der Waals surface area contributed by atoms with Crippen LogP contribution in [0.25, 0.3) is 22.3 Å². The molecule has 4 aromatic rings. The Morgan fingerprint density at radius 1 is 0.945 bits per heavy atom. The number of nitro groups is 1. The van der Waals surface area contributed by atoms with Gasteiger partial charge in [-0.15, -0.1) is 0 Å². The van der Waals surface area contributed by atoms with Gasteiger partial charge in [0.05, 0.1) is 11.6 Å². The Labute approximate surface area is 322 Å². The molecule has 1 fully saturated rings. The first-order valence-electron chi connectivity index (χ1n) is 18.1. The van der Waals surface area contributed by atoms with Gasteiger partial charge in [-0.25, -0.2) is 9.18 Å². The van der Waals surface area contributed by atoms with Gasteiger partial charge in [0.2, 0.25) is 0 Å². The van der Waals surface area contributed by atoms with Gasteiger partial charge in [-0.1, -0.05) is 54.6 Å². The van der Waals surface area contributed by atoms with Crippen LogP contribution in [0.3, 0.4) is 0 Å². The molecule has 1 heterocycles. The second-order valence-electron chi connectivity index (χ2n) is 14.2. The lowest BCUT2D eigenvalue weighted by Crippen LogP contribution is -2.53. The van der Waals surface area contributed by atoms with Crippen LogP contribution in [-0.2, 0) is 9.53 Å². The summed E-state index contributed by atoms with van der Waals surface area (Å²) in [7, 11) is 2.48. The van der Waals surface area contributed by atoms with E-state index in [4.69, 9.17) is 14.9 Å². The monoisotopic (exact) mass is 751 g/mol. The van der Waals surface area contributed by atoms with E-state index in [-0.39, 0.29) is 23.7 Å². The molecule has 1 aliphatic heterocycles. The van der Waals surface area contributed by atoms with E-state index in [2.05, 4.69) is 10.6 Å². The van der Waals surface area contributed by atoms with Crippen LogP contribution in [0, 0.1) is 22.9 Å². The number of benzene rings is 4. The van der Waals surface area contributed by atoms with Crippen LogP contribution in [-0.4, -0.2) is 78.5 Å². The van der Waals surface area contributed by atoms with E-state index in [0.717, 1.165) is 46.1 Å². The molecule has 1 atom stereocenters. The maximum absolute atomic E-state index is 14.4. The number of piperazine rings is 1. The van der Waals surface area contributed by atoms with Crippen molar-refractivity contribution in [1.29, 1.82) is 0 Å². The van der Waals surface area contributed by atoms with E-state index < -0.39 is 16.6 Å². The summed E-state index contributed by atoms with van der Waals surface area (Å²) >= 11 is 0. The Kier molecular flexibility index (Phi) is 13.9. The zero-order valence-electron chi connectivity index (χ0n) is 32.7. The number of amides is 3. The summed E-state index contributed by atoms with van der Waals surface area (Å²) in [6.45, 7) is 13.0. The van der Waals surface area contributed by atoms with Crippen LogP contribution in [0.15, 0.2) is 91.0 Å². The molecule has 2 N–H and O–H groups in total. The van der Waals surface area contributed by atoms with Gasteiger partial charge in [0, 0.05) is 55.0 Å². The molecule has 0 radical (unpaired) electrons. The molecule has 5 rings (SSSR count). The maximum atomic E-state index is 14.4. The number of allylic oxidation sites excluding steroid dienone is 1. The average Bonchev–Trinajstić information content (AvgIpc) is 3.15. The number of ether oxygens (including phenoxy) is 1. The predicted molar refractivity (Wildman–Crippen MR) is 215 cm³/mol. The van der Waals surface area contributed by atoms with E-state index in [0.29, 0.717) is 42.9 Å². The number of nitrogens with zero attached hydrogens (tertiary/aromatic N) is 3. The van der Waals surface area contributed by atoms with Crippen LogP contribution in [0.1, 0.15) is 73.3 Å². The van der Waals surface area contributed by atoms with Crippen molar-refractivity contribution in [3.8, 4) is 11.1 Å². The number of carbonyl (C=O) groups excluding carboxylic acids is 3. The standard InChI is InChI=1S/C42H47FN4O4.CH3NO2/c1-8-45-36-23-27(2)34(38(39(48)44-7)28(3)29-17-19-33(43)20-18-29)25-35(36)31-15-12-16-32(24-31)40(49)47-22-21-46(41(50)51-42(4,5)6)26-37(47)30-13-10-9-11-14-30;1-2(3)4/h9-20,23-25,37,45H,8,21-22,26H2,1-7H3,(H,44,48);1H3/b38-28-;. The fourth-order valence-electron chi connectivity index (χ4n) is 6.48. The van der Waals surface area contributed by atoms with Crippen LogP contribution >= 0.6 is 0 Å². The Hall–Kier alpha value is -6.04. The highest BCUT2D eigenvalue weighted by Crippen LogP contribution is 2.37. The van der Waals surface area contributed by atoms with Gasteiger partial charge in [-0.05, 0) is 111 Å². The second kappa shape index (κ2) is 18.3. The number of anilines is 1. The quantitative estimate of drug-likeness (QED) is 0.0802. The first-order chi connectivity index (χ1) is 26.0. The van der Waals surface area contributed by atoms with E-state index in [1.54, 1.807) is 24.1 Å². The molecule has 0 aromatic heterocycles. The third kappa shape index (κ3) is 10.8. The third-order valence-electron chi connectivity index (χ3n) is 9.01. The fraction of sp³-hybridized carbons (Fsp3) is 0.326. The van der Waals surface area contributed by atoms with Crippen LogP contribution in [0.5, 0.6) is 0 Å². The number of carbonyl (C=O) groups is 3. The Morgan fingerprint density at radius 3 is 2.20 bits per heavy atom. The van der Waals surface area contributed by atoms with Crippen molar-refractivity contribution in [2.24, 2.45) is 0 Å². The Balaban J connectivity index is 0.00000160. The molecule has 0 bridgehead atoms. The predicted octanol–water partition coefficient (Wildman–Crippen LogP) is 8.24. The Bertz CT molecular complexity index is 2040. The van der Waals surface area contributed by atoms with Gasteiger partial charge in [-0.2, -0.15) is 0 Å². The number of nitrogens with one attached hydrogen (secondary N) is 2. The van der Waals surface area contributed by atoms with Crippen molar-refractivity contribution in [2.45, 2.75) is 53.2 Å². The van der Waals surface area contributed by atoms with Gasteiger partial charge >= 0.3 is 6.09 Å².